The largest absolute Gasteiger partial charge is 0.450 e. The van der Waals surface area contributed by atoms with Crippen molar-refractivity contribution in [2.45, 2.75) is 26.7 Å². The molecular formula is C12H16N2O2S. The summed E-state index contributed by atoms with van der Waals surface area (Å²) in [7, 11) is 0. The summed E-state index contributed by atoms with van der Waals surface area (Å²) in [4.78, 5) is 4.23. The molecule has 0 atom stereocenters. The third-order valence-corrected chi connectivity index (χ3v) is 2.62. The minimum atomic E-state index is 0.257. The molecule has 0 aliphatic carbocycles. The fraction of sp³-hybridized carbons (Fsp3) is 0.500. The van der Waals surface area contributed by atoms with Crippen LogP contribution in [0.15, 0.2) is 16.4 Å². The lowest BCUT2D eigenvalue weighted by atomic mass is 10.4. The van der Waals surface area contributed by atoms with Crippen molar-refractivity contribution in [2.75, 3.05) is 13.2 Å². The van der Waals surface area contributed by atoms with Crippen LogP contribution < -0.4 is 0 Å². The van der Waals surface area contributed by atoms with Gasteiger partial charge < -0.3 is 9.47 Å². The van der Waals surface area contributed by atoms with Gasteiger partial charge in [-0.25, -0.2) is 0 Å². The zero-order chi connectivity index (χ0) is 12.5. The Balaban J connectivity index is 2.77. The quantitative estimate of drug-likeness (QED) is 0.595. The molecule has 1 aromatic heterocycles. The van der Waals surface area contributed by atoms with Crippen molar-refractivity contribution < 1.29 is 9.47 Å². The van der Waals surface area contributed by atoms with Gasteiger partial charge >= 0.3 is 6.08 Å². The first-order valence-electron chi connectivity index (χ1n) is 5.63. The van der Waals surface area contributed by atoms with E-state index < -0.39 is 0 Å². The molecule has 0 unspecified atom stereocenters. The van der Waals surface area contributed by atoms with Crippen molar-refractivity contribution in [1.29, 1.82) is 5.26 Å². The maximum atomic E-state index is 8.88. The Morgan fingerprint density at radius 3 is 2.53 bits per heavy atom. The predicted molar refractivity (Wildman–Crippen MR) is 68.6 cm³/mol. The van der Waals surface area contributed by atoms with Gasteiger partial charge in [0, 0.05) is 0 Å². The van der Waals surface area contributed by atoms with Crippen molar-refractivity contribution in [1.82, 2.24) is 0 Å². The molecule has 0 saturated heterocycles. The predicted octanol–water partition coefficient (Wildman–Crippen LogP) is 3.46. The van der Waals surface area contributed by atoms with E-state index in [1.54, 1.807) is 6.07 Å². The second-order valence-corrected chi connectivity index (χ2v) is 4.22. The van der Waals surface area contributed by atoms with Gasteiger partial charge in [-0.05, 0) is 24.3 Å². The van der Waals surface area contributed by atoms with Gasteiger partial charge in [-0.1, -0.05) is 13.8 Å². The number of thiophene rings is 1. The highest BCUT2D eigenvalue weighted by molar-refractivity contribution is 7.14. The molecule has 1 rings (SSSR count). The first-order valence-corrected chi connectivity index (χ1v) is 6.51. The zero-order valence-electron chi connectivity index (χ0n) is 10.1. The van der Waals surface area contributed by atoms with E-state index in [9.17, 15) is 0 Å². The summed E-state index contributed by atoms with van der Waals surface area (Å²) >= 11 is 1.40. The van der Waals surface area contributed by atoms with Crippen molar-refractivity contribution >= 4 is 22.4 Å². The zero-order valence-corrected chi connectivity index (χ0v) is 10.9. The van der Waals surface area contributed by atoms with Crippen LogP contribution >= 0.6 is 11.3 Å². The smallest absolute Gasteiger partial charge is 0.389 e. The van der Waals surface area contributed by atoms with Gasteiger partial charge in [-0.2, -0.15) is 10.3 Å². The highest BCUT2D eigenvalue weighted by Gasteiger charge is 2.07. The molecule has 0 N–H and O–H groups in total. The van der Waals surface area contributed by atoms with E-state index in [1.807, 2.05) is 19.2 Å². The Bertz CT molecular complexity index is 397. The summed E-state index contributed by atoms with van der Waals surface area (Å²) in [5, 5.41) is 11.3. The molecule has 0 aromatic carbocycles. The third-order valence-electron chi connectivity index (χ3n) is 1.82. The molecule has 5 heteroatoms. The second kappa shape index (κ2) is 7.69. The third kappa shape index (κ3) is 4.45. The number of rotatable bonds is 5. The van der Waals surface area contributed by atoms with Crippen LogP contribution in [0, 0.1) is 11.3 Å². The fourth-order valence-corrected chi connectivity index (χ4v) is 1.74. The number of hydrogen-bond acceptors (Lipinski definition) is 5. The summed E-state index contributed by atoms with van der Waals surface area (Å²) in [6.07, 6.45) is 2.04. The molecule has 0 aliphatic rings. The normalized spacial score (nSPS) is 9.47. The van der Waals surface area contributed by atoms with Crippen LogP contribution in [0.5, 0.6) is 0 Å². The molecule has 17 heavy (non-hydrogen) atoms. The Labute approximate surface area is 106 Å². The highest BCUT2D eigenvalue weighted by Crippen LogP contribution is 2.26. The molecular weight excluding hydrogens is 236 g/mol. The molecule has 0 amide bonds. The van der Waals surface area contributed by atoms with Gasteiger partial charge in [-0.15, -0.1) is 11.3 Å². The SMILES string of the molecule is CCCOC(=Nc1sccc1C#N)OCCC. The fourth-order valence-electron chi connectivity index (χ4n) is 1.04. The summed E-state index contributed by atoms with van der Waals surface area (Å²) in [6.45, 7) is 5.16. The van der Waals surface area contributed by atoms with E-state index in [1.165, 1.54) is 11.3 Å². The maximum Gasteiger partial charge on any atom is 0.389 e. The monoisotopic (exact) mass is 252 g/mol. The van der Waals surface area contributed by atoms with Gasteiger partial charge in [0.05, 0.1) is 18.8 Å². The van der Waals surface area contributed by atoms with E-state index in [2.05, 4.69) is 11.1 Å². The molecule has 1 heterocycles. The average Bonchev–Trinajstić information content (AvgIpc) is 2.79. The standard InChI is InChI=1S/C12H16N2O2S/c1-3-6-15-12(16-7-4-2)14-11-10(9-13)5-8-17-11/h5,8H,3-4,6-7H2,1-2H3. The van der Waals surface area contributed by atoms with Crippen LogP contribution in [0.25, 0.3) is 0 Å². The van der Waals surface area contributed by atoms with Crippen LogP contribution in [0.3, 0.4) is 0 Å². The van der Waals surface area contributed by atoms with E-state index in [0.29, 0.717) is 23.8 Å². The van der Waals surface area contributed by atoms with Crippen molar-refractivity contribution in [2.24, 2.45) is 4.99 Å². The molecule has 0 saturated carbocycles. The summed E-state index contributed by atoms with van der Waals surface area (Å²) in [6, 6.07) is 3.82. The summed E-state index contributed by atoms with van der Waals surface area (Å²) in [5.74, 6) is 0. The van der Waals surface area contributed by atoms with Crippen LogP contribution in [0.1, 0.15) is 32.3 Å². The van der Waals surface area contributed by atoms with Crippen molar-refractivity contribution in [3.63, 3.8) is 0 Å². The molecule has 4 nitrogen and oxygen atoms in total. The number of hydrogen-bond donors (Lipinski definition) is 0. The van der Waals surface area contributed by atoms with Gasteiger partial charge in [0.25, 0.3) is 0 Å². The number of nitrogens with zero attached hydrogens (tertiary/aromatic N) is 2. The Hall–Kier alpha value is -1.54. The first-order chi connectivity index (χ1) is 8.31. The van der Waals surface area contributed by atoms with Crippen LogP contribution in [0.2, 0.25) is 0 Å². The van der Waals surface area contributed by atoms with E-state index in [-0.39, 0.29) is 6.08 Å². The minimum Gasteiger partial charge on any atom is -0.450 e. The molecule has 0 spiro atoms. The van der Waals surface area contributed by atoms with E-state index in [4.69, 9.17) is 14.7 Å². The number of aliphatic imine (C=N–C) groups is 1. The Morgan fingerprint density at radius 1 is 1.35 bits per heavy atom. The van der Waals surface area contributed by atoms with Crippen LogP contribution in [0.4, 0.5) is 5.00 Å². The van der Waals surface area contributed by atoms with Crippen molar-refractivity contribution in [3.05, 3.63) is 17.0 Å². The Morgan fingerprint density at radius 2 is 2.00 bits per heavy atom. The molecule has 0 bridgehead atoms. The molecule has 0 fully saturated rings. The van der Waals surface area contributed by atoms with Gasteiger partial charge in [0.15, 0.2) is 0 Å². The van der Waals surface area contributed by atoms with Gasteiger partial charge in [0.2, 0.25) is 0 Å². The average molecular weight is 252 g/mol. The Kier molecular flexibility index (Phi) is 6.12. The lowest BCUT2D eigenvalue weighted by molar-refractivity contribution is 0.166. The van der Waals surface area contributed by atoms with Crippen LogP contribution in [-0.2, 0) is 9.47 Å². The van der Waals surface area contributed by atoms with Crippen LogP contribution in [-0.4, -0.2) is 19.3 Å². The molecule has 0 radical (unpaired) electrons. The topological polar surface area (TPSA) is 54.6 Å². The lowest BCUT2D eigenvalue weighted by Crippen LogP contribution is -2.11. The maximum absolute atomic E-state index is 8.88. The van der Waals surface area contributed by atoms with Gasteiger partial charge in [0.1, 0.15) is 11.1 Å². The molecule has 92 valence electrons. The molecule has 0 aliphatic heterocycles. The molecule has 1 aromatic rings. The van der Waals surface area contributed by atoms with Gasteiger partial charge in [-0.3, -0.25) is 0 Å². The first kappa shape index (κ1) is 13.5. The lowest BCUT2D eigenvalue weighted by Gasteiger charge is -2.08. The second-order valence-electron chi connectivity index (χ2n) is 3.33. The highest BCUT2D eigenvalue weighted by atomic mass is 32.1. The van der Waals surface area contributed by atoms with Crippen molar-refractivity contribution in [3.8, 4) is 6.07 Å². The number of ether oxygens (including phenoxy) is 2. The van der Waals surface area contributed by atoms with E-state index >= 15 is 0 Å². The summed E-state index contributed by atoms with van der Waals surface area (Å²) < 4.78 is 10.8. The number of nitriles is 1. The van der Waals surface area contributed by atoms with E-state index in [0.717, 1.165) is 12.8 Å². The minimum absolute atomic E-state index is 0.257. The summed E-state index contributed by atoms with van der Waals surface area (Å²) in [5.41, 5.74) is 0.549.